The number of nitro benzene ring substituents is 1. The van der Waals surface area contributed by atoms with Crippen molar-refractivity contribution in [3.05, 3.63) is 84.4 Å². The van der Waals surface area contributed by atoms with Crippen LogP contribution in [0.3, 0.4) is 0 Å². The second-order valence-electron chi connectivity index (χ2n) is 5.19. The van der Waals surface area contributed by atoms with E-state index in [1.54, 1.807) is 0 Å². The van der Waals surface area contributed by atoms with Crippen molar-refractivity contribution in [1.82, 2.24) is 0 Å². The number of hydrogen-bond donors (Lipinski definition) is 1. The van der Waals surface area contributed by atoms with Gasteiger partial charge in [0.25, 0.3) is 10.8 Å². The lowest BCUT2D eigenvalue weighted by atomic mass is 10.1. The van der Waals surface area contributed by atoms with E-state index in [1.807, 2.05) is 19.9 Å². The molecule has 0 aliphatic rings. The first-order valence-electron chi connectivity index (χ1n) is 6.92. The van der Waals surface area contributed by atoms with Crippen molar-refractivity contribution in [3.63, 3.8) is 0 Å². The SMILES string of the molecule is Cc1cc(C)cc(F)c1.Cc1cc(F)cc(C)c1[N+](=O)[O-].O=[N+]([O-])O. The Bertz CT molecular complexity index is 689. The van der Waals surface area contributed by atoms with Gasteiger partial charge in [0.2, 0.25) is 0 Å². The lowest BCUT2D eigenvalue weighted by Gasteiger charge is -2.00. The van der Waals surface area contributed by atoms with Crippen molar-refractivity contribution >= 4 is 5.69 Å². The zero-order valence-electron chi connectivity index (χ0n) is 14.1. The van der Waals surface area contributed by atoms with E-state index in [-0.39, 0.29) is 11.5 Å². The van der Waals surface area contributed by atoms with E-state index < -0.39 is 15.8 Å². The van der Waals surface area contributed by atoms with Gasteiger partial charge in [-0.15, -0.1) is 10.1 Å². The topological polar surface area (TPSA) is 107 Å². The Hall–Kier alpha value is -3.10. The van der Waals surface area contributed by atoms with Gasteiger partial charge in [0.1, 0.15) is 11.6 Å². The van der Waals surface area contributed by atoms with Crippen molar-refractivity contribution in [3.8, 4) is 0 Å². The Morgan fingerprint density at radius 3 is 1.40 bits per heavy atom. The molecule has 0 fully saturated rings. The van der Waals surface area contributed by atoms with Gasteiger partial charge < -0.3 is 5.21 Å². The van der Waals surface area contributed by atoms with Crippen LogP contribution in [0.5, 0.6) is 0 Å². The van der Waals surface area contributed by atoms with Gasteiger partial charge in [-0.2, -0.15) is 0 Å². The van der Waals surface area contributed by atoms with E-state index in [4.69, 9.17) is 15.3 Å². The fourth-order valence-corrected chi connectivity index (χ4v) is 2.11. The van der Waals surface area contributed by atoms with Crippen LogP contribution in [-0.2, 0) is 0 Å². The summed E-state index contributed by atoms with van der Waals surface area (Å²) in [5.74, 6) is -0.580. The molecule has 1 N–H and O–H groups in total. The third-order valence-corrected chi connectivity index (χ3v) is 2.82. The maximum atomic E-state index is 12.6. The number of nitrogens with zero attached hydrogens (tertiary/aromatic N) is 2. The van der Waals surface area contributed by atoms with Crippen LogP contribution in [-0.4, -0.2) is 15.2 Å². The first-order chi connectivity index (χ1) is 11.4. The molecule has 0 saturated carbocycles. The van der Waals surface area contributed by atoms with E-state index in [1.165, 1.54) is 26.0 Å². The fraction of sp³-hybridized carbons (Fsp3) is 0.250. The summed E-state index contributed by atoms with van der Waals surface area (Å²) in [6, 6.07) is 7.30. The summed E-state index contributed by atoms with van der Waals surface area (Å²) in [4.78, 5) is 18.3. The van der Waals surface area contributed by atoms with Crippen LogP contribution in [0.15, 0.2) is 30.3 Å². The molecule has 7 nitrogen and oxygen atoms in total. The van der Waals surface area contributed by atoms with Crippen LogP contribution in [0.1, 0.15) is 22.3 Å². The minimum Gasteiger partial charge on any atom is -0.328 e. The molecule has 0 radical (unpaired) electrons. The molecule has 0 aliphatic carbocycles. The van der Waals surface area contributed by atoms with Crippen molar-refractivity contribution in [1.29, 1.82) is 0 Å². The second-order valence-corrected chi connectivity index (χ2v) is 5.19. The predicted molar refractivity (Wildman–Crippen MR) is 87.2 cm³/mol. The third kappa shape index (κ3) is 8.94. The first-order valence-corrected chi connectivity index (χ1v) is 6.92. The minimum atomic E-state index is -1.50. The molecular formula is C16H18F2N2O5. The van der Waals surface area contributed by atoms with Gasteiger partial charge in [0.15, 0.2) is 0 Å². The molecule has 0 amide bonds. The number of rotatable bonds is 1. The van der Waals surface area contributed by atoms with Crippen LogP contribution in [0, 0.1) is 59.6 Å². The third-order valence-electron chi connectivity index (χ3n) is 2.82. The zero-order chi connectivity index (χ0) is 19.7. The molecular weight excluding hydrogens is 338 g/mol. The maximum absolute atomic E-state index is 12.6. The van der Waals surface area contributed by atoms with Crippen molar-refractivity contribution in [2.45, 2.75) is 27.7 Å². The molecule has 0 spiro atoms. The van der Waals surface area contributed by atoms with Gasteiger partial charge >= 0.3 is 0 Å². The summed E-state index contributed by atoms with van der Waals surface area (Å²) in [6.45, 7) is 6.81. The Kier molecular flexibility index (Phi) is 8.68. The van der Waals surface area contributed by atoms with E-state index in [0.29, 0.717) is 11.1 Å². The molecule has 0 unspecified atom stereocenters. The van der Waals surface area contributed by atoms with Gasteiger partial charge in [-0.25, -0.2) is 8.78 Å². The summed E-state index contributed by atoms with van der Waals surface area (Å²) < 4.78 is 25.1. The van der Waals surface area contributed by atoms with Gasteiger partial charge in [-0.05, 0) is 63.1 Å². The number of benzene rings is 2. The number of aryl methyl sites for hydroxylation is 4. The molecule has 25 heavy (non-hydrogen) atoms. The monoisotopic (exact) mass is 356 g/mol. The van der Waals surface area contributed by atoms with Gasteiger partial charge in [0.05, 0.1) is 4.92 Å². The summed E-state index contributed by atoms with van der Waals surface area (Å²) in [5, 5.41) is 24.1. The average molecular weight is 356 g/mol. The summed E-state index contributed by atoms with van der Waals surface area (Å²) in [6.07, 6.45) is 0. The Labute approximate surface area is 142 Å². The summed E-state index contributed by atoms with van der Waals surface area (Å²) in [7, 11) is 0. The van der Waals surface area contributed by atoms with Gasteiger partial charge in [-0.3, -0.25) is 10.1 Å². The van der Waals surface area contributed by atoms with Crippen LogP contribution in [0.2, 0.25) is 0 Å². The summed E-state index contributed by atoms with van der Waals surface area (Å²) >= 11 is 0. The normalized spacial score (nSPS) is 9.20. The van der Waals surface area contributed by atoms with E-state index in [9.17, 15) is 18.9 Å². The van der Waals surface area contributed by atoms with E-state index >= 15 is 0 Å². The van der Waals surface area contributed by atoms with Crippen LogP contribution in [0.25, 0.3) is 0 Å². The molecule has 0 atom stereocenters. The van der Waals surface area contributed by atoms with E-state index in [2.05, 4.69) is 0 Å². The van der Waals surface area contributed by atoms with Crippen LogP contribution >= 0.6 is 0 Å². The van der Waals surface area contributed by atoms with Crippen molar-refractivity contribution in [2.24, 2.45) is 0 Å². The van der Waals surface area contributed by atoms with Gasteiger partial charge in [0, 0.05) is 11.1 Å². The Balaban J connectivity index is 0.000000391. The maximum Gasteiger partial charge on any atom is 0.291 e. The molecule has 136 valence electrons. The molecule has 0 saturated heterocycles. The van der Waals surface area contributed by atoms with E-state index in [0.717, 1.165) is 23.3 Å². The molecule has 2 aromatic rings. The predicted octanol–water partition coefficient (Wildman–Crippen LogP) is 4.45. The highest BCUT2D eigenvalue weighted by Gasteiger charge is 2.14. The highest BCUT2D eigenvalue weighted by atomic mass is 19.1. The highest BCUT2D eigenvalue weighted by Crippen LogP contribution is 2.23. The quantitative estimate of drug-likeness (QED) is 0.600. The second kappa shape index (κ2) is 9.91. The van der Waals surface area contributed by atoms with Crippen molar-refractivity contribution < 1.29 is 24.0 Å². The minimum absolute atomic E-state index is 0.00333. The molecule has 0 bridgehead atoms. The van der Waals surface area contributed by atoms with Crippen LogP contribution in [0.4, 0.5) is 14.5 Å². The lowest BCUT2D eigenvalue weighted by molar-refractivity contribution is -0.742. The van der Waals surface area contributed by atoms with Crippen molar-refractivity contribution in [2.75, 3.05) is 0 Å². The first kappa shape index (κ1) is 21.9. The molecule has 0 aliphatic heterocycles. The molecule has 0 heterocycles. The number of nitro groups is 1. The molecule has 2 rings (SSSR count). The standard InChI is InChI=1S/C8H8FNO2.C8H9F.HNO3/c1-5-3-7(9)4-6(2)8(5)10(11)12;1-6-3-7(2)5-8(9)4-6;2-1(3)4/h3-4H,1-2H3;3-5H,1-2H3;(H,2,3,4). The fourth-order valence-electron chi connectivity index (χ4n) is 2.11. The average Bonchev–Trinajstić information content (AvgIpc) is 2.34. The lowest BCUT2D eigenvalue weighted by Crippen LogP contribution is -1.95. The Morgan fingerprint density at radius 2 is 1.12 bits per heavy atom. The largest absolute Gasteiger partial charge is 0.328 e. The molecule has 9 heteroatoms. The number of halogens is 2. The van der Waals surface area contributed by atoms with Gasteiger partial charge in [-0.1, -0.05) is 6.07 Å². The Morgan fingerprint density at radius 1 is 0.800 bits per heavy atom. The highest BCUT2D eigenvalue weighted by molar-refractivity contribution is 5.46. The van der Waals surface area contributed by atoms with Crippen LogP contribution < -0.4 is 0 Å². The zero-order valence-corrected chi connectivity index (χ0v) is 14.1. The molecule has 0 aromatic heterocycles. The summed E-state index contributed by atoms with van der Waals surface area (Å²) in [5.41, 5.74) is 2.67. The molecule has 2 aromatic carbocycles. The number of hydrogen-bond acceptors (Lipinski definition) is 4. The smallest absolute Gasteiger partial charge is 0.291 e.